The van der Waals surface area contributed by atoms with Crippen molar-refractivity contribution < 1.29 is 33.7 Å². The van der Waals surface area contributed by atoms with Crippen LogP contribution in [-0.4, -0.2) is 48.6 Å². The van der Waals surface area contributed by atoms with E-state index in [0.29, 0.717) is 28.3 Å². The van der Waals surface area contributed by atoms with E-state index in [0.717, 1.165) is 22.5 Å². The predicted molar refractivity (Wildman–Crippen MR) is 148 cm³/mol. The van der Waals surface area contributed by atoms with Gasteiger partial charge in [0.1, 0.15) is 17.2 Å². The van der Waals surface area contributed by atoms with Crippen LogP contribution in [0.5, 0.6) is 11.5 Å². The largest absolute Gasteiger partial charge is 0.507 e. The summed E-state index contributed by atoms with van der Waals surface area (Å²) in [5.41, 5.74) is 2.74. The Hall–Kier alpha value is -4.44. The number of ketones is 1. The minimum atomic E-state index is -1.06. The molecule has 1 amide bonds. The second kappa shape index (κ2) is 11.1. The molecule has 1 aliphatic heterocycles. The van der Waals surface area contributed by atoms with Crippen LogP contribution < -0.4 is 14.4 Å². The Kier molecular flexibility index (Phi) is 7.87. The van der Waals surface area contributed by atoms with Crippen LogP contribution in [0.25, 0.3) is 5.76 Å². The molecular formula is C29H28N2O7S. The van der Waals surface area contributed by atoms with E-state index in [1.165, 1.54) is 25.2 Å². The summed E-state index contributed by atoms with van der Waals surface area (Å²) < 4.78 is 16.0. The fraction of sp³-hybridized carbons (Fsp3) is 0.241. The summed E-state index contributed by atoms with van der Waals surface area (Å²) in [5, 5.41) is 11.6. The normalized spacial score (nSPS) is 16.3. The first-order valence-corrected chi connectivity index (χ1v) is 12.8. The van der Waals surface area contributed by atoms with Crippen LogP contribution in [0.15, 0.2) is 54.6 Å². The quantitative estimate of drug-likeness (QED) is 0.137. The van der Waals surface area contributed by atoms with Gasteiger partial charge in [-0.05, 0) is 50.1 Å². The summed E-state index contributed by atoms with van der Waals surface area (Å²) in [7, 11) is 2.97. The number of hydrogen-bond donors (Lipinski definition) is 1. The number of amides is 1. The zero-order valence-electron chi connectivity index (χ0n) is 22.2. The number of carbonyl (C=O) groups excluding carboxylic acids is 3. The zero-order chi connectivity index (χ0) is 28.4. The number of hydrogen-bond acceptors (Lipinski definition) is 9. The van der Waals surface area contributed by atoms with E-state index in [9.17, 15) is 19.5 Å². The van der Waals surface area contributed by atoms with Crippen molar-refractivity contribution in [3.05, 3.63) is 87.5 Å². The number of aromatic nitrogens is 1. The summed E-state index contributed by atoms with van der Waals surface area (Å²) >= 11 is 0.925. The molecule has 0 radical (unpaired) electrons. The summed E-state index contributed by atoms with van der Waals surface area (Å²) in [6.45, 7) is 8.84. The average Bonchev–Trinajstić information content (AvgIpc) is 3.44. The molecule has 1 N–H and O–H groups in total. The lowest BCUT2D eigenvalue weighted by Gasteiger charge is -2.24. The van der Waals surface area contributed by atoms with Gasteiger partial charge in [-0.25, -0.2) is 9.78 Å². The number of anilines is 1. The van der Waals surface area contributed by atoms with E-state index in [-0.39, 0.29) is 27.9 Å². The van der Waals surface area contributed by atoms with E-state index >= 15 is 0 Å². The van der Waals surface area contributed by atoms with Gasteiger partial charge in [0.25, 0.3) is 5.78 Å². The molecule has 1 atom stereocenters. The van der Waals surface area contributed by atoms with Crippen LogP contribution in [-0.2, 0) is 14.3 Å². The molecule has 0 saturated carbocycles. The Morgan fingerprint density at radius 3 is 2.49 bits per heavy atom. The fourth-order valence-corrected chi connectivity index (χ4v) is 5.37. The Morgan fingerprint density at radius 1 is 1.10 bits per heavy atom. The number of benzene rings is 2. The van der Waals surface area contributed by atoms with Gasteiger partial charge in [0.2, 0.25) is 0 Å². The van der Waals surface area contributed by atoms with Crippen molar-refractivity contribution >= 4 is 39.9 Å². The Labute approximate surface area is 230 Å². The number of nitrogens with zero attached hydrogens (tertiary/aromatic N) is 2. The smallest absolute Gasteiger partial charge is 0.350 e. The van der Waals surface area contributed by atoms with Gasteiger partial charge in [0, 0.05) is 5.56 Å². The van der Waals surface area contributed by atoms with E-state index < -0.39 is 23.7 Å². The molecule has 4 rings (SSSR count). The highest BCUT2D eigenvalue weighted by Crippen LogP contribution is 2.45. The highest BCUT2D eigenvalue weighted by atomic mass is 32.1. The van der Waals surface area contributed by atoms with Gasteiger partial charge in [-0.2, -0.15) is 0 Å². The standard InChI is InChI=1S/C29H28N2O7S/c1-7-12-38-28(35)26-17(4)30-29(39-26)31-23(18-10-11-20(36-5)21(14-18)37-6)22(25(33)27(31)34)24(32)19-13-15(2)8-9-16(19)3/h7-11,13-14,23,32H,1,12H2,2-6H3/b24-22+. The minimum Gasteiger partial charge on any atom is -0.507 e. The van der Waals surface area contributed by atoms with E-state index in [4.69, 9.17) is 14.2 Å². The number of ether oxygens (including phenoxy) is 3. The molecule has 0 spiro atoms. The molecule has 2 aromatic carbocycles. The van der Waals surface area contributed by atoms with E-state index in [2.05, 4.69) is 11.6 Å². The highest BCUT2D eigenvalue weighted by Gasteiger charge is 2.48. The first kappa shape index (κ1) is 27.6. The third-order valence-corrected chi connectivity index (χ3v) is 7.46. The fourth-order valence-electron chi connectivity index (χ4n) is 4.38. The Bertz CT molecular complexity index is 1520. The van der Waals surface area contributed by atoms with Crippen molar-refractivity contribution in [3.63, 3.8) is 0 Å². The number of carbonyl (C=O) groups is 3. The number of aliphatic hydroxyl groups is 1. The molecule has 202 valence electrons. The average molecular weight is 549 g/mol. The van der Waals surface area contributed by atoms with Crippen molar-refractivity contribution in [1.82, 2.24) is 4.98 Å². The van der Waals surface area contributed by atoms with Crippen LogP contribution in [0.1, 0.15) is 43.7 Å². The molecule has 1 unspecified atom stereocenters. The number of aryl methyl sites for hydroxylation is 3. The maximum absolute atomic E-state index is 13.5. The molecule has 9 nitrogen and oxygen atoms in total. The van der Waals surface area contributed by atoms with Gasteiger partial charge in [-0.15, -0.1) is 0 Å². The molecule has 1 aromatic heterocycles. The molecule has 3 aromatic rings. The first-order valence-electron chi connectivity index (χ1n) is 12.0. The summed E-state index contributed by atoms with van der Waals surface area (Å²) in [6, 6.07) is 9.38. The van der Waals surface area contributed by atoms with Gasteiger partial charge in [-0.1, -0.05) is 47.8 Å². The summed E-state index contributed by atoms with van der Waals surface area (Å²) in [6.07, 6.45) is 1.44. The molecule has 2 heterocycles. The molecular weight excluding hydrogens is 520 g/mol. The lowest BCUT2D eigenvalue weighted by atomic mass is 9.93. The van der Waals surface area contributed by atoms with E-state index in [1.807, 2.05) is 19.1 Å². The van der Waals surface area contributed by atoms with Crippen molar-refractivity contribution in [2.75, 3.05) is 25.7 Å². The maximum Gasteiger partial charge on any atom is 0.350 e. The molecule has 0 aliphatic carbocycles. The number of esters is 1. The maximum atomic E-state index is 13.5. The zero-order valence-corrected chi connectivity index (χ0v) is 23.0. The summed E-state index contributed by atoms with van der Waals surface area (Å²) in [5.74, 6) is -1.87. The monoisotopic (exact) mass is 548 g/mol. The van der Waals surface area contributed by atoms with Crippen molar-refractivity contribution in [2.45, 2.75) is 26.8 Å². The number of Topliss-reactive ketones (excluding diaryl/α,β-unsaturated/α-hetero) is 1. The first-order chi connectivity index (χ1) is 18.6. The third-order valence-electron chi connectivity index (χ3n) is 6.33. The van der Waals surface area contributed by atoms with Crippen molar-refractivity contribution in [1.29, 1.82) is 0 Å². The van der Waals surface area contributed by atoms with E-state index in [1.54, 1.807) is 38.1 Å². The topological polar surface area (TPSA) is 115 Å². The van der Waals surface area contributed by atoms with Crippen LogP contribution in [0, 0.1) is 20.8 Å². The van der Waals surface area contributed by atoms with Gasteiger partial charge < -0.3 is 19.3 Å². The van der Waals surface area contributed by atoms with Gasteiger partial charge in [-0.3, -0.25) is 14.5 Å². The summed E-state index contributed by atoms with van der Waals surface area (Å²) in [4.78, 5) is 45.5. The number of rotatable bonds is 8. The SMILES string of the molecule is C=CCOC(=O)c1sc(N2C(=O)C(=O)/C(=C(/O)c3cc(C)ccc3C)C2c2ccc(OC)c(OC)c2)nc1C. The predicted octanol–water partition coefficient (Wildman–Crippen LogP) is 5.05. The number of aliphatic hydroxyl groups excluding tert-OH is 1. The van der Waals surface area contributed by atoms with Gasteiger partial charge in [0.05, 0.1) is 31.5 Å². The van der Waals surface area contributed by atoms with Crippen molar-refractivity contribution in [3.8, 4) is 11.5 Å². The minimum absolute atomic E-state index is 0.0114. The molecule has 1 fully saturated rings. The molecule has 0 bridgehead atoms. The third kappa shape index (κ3) is 5.03. The molecule has 39 heavy (non-hydrogen) atoms. The van der Waals surface area contributed by atoms with Crippen LogP contribution >= 0.6 is 11.3 Å². The number of methoxy groups -OCH3 is 2. The lowest BCUT2D eigenvalue weighted by Crippen LogP contribution is -2.29. The molecule has 1 aliphatic rings. The highest BCUT2D eigenvalue weighted by molar-refractivity contribution is 7.17. The lowest BCUT2D eigenvalue weighted by molar-refractivity contribution is -0.132. The van der Waals surface area contributed by atoms with Crippen LogP contribution in [0.2, 0.25) is 0 Å². The van der Waals surface area contributed by atoms with Crippen LogP contribution in [0.3, 0.4) is 0 Å². The van der Waals surface area contributed by atoms with Gasteiger partial charge >= 0.3 is 11.9 Å². The Morgan fingerprint density at radius 2 is 1.82 bits per heavy atom. The van der Waals surface area contributed by atoms with Crippen LogP contribution in [0.4, 0.5) is 5.13 Å². The molecule has 1 saturated heterocycles. The van der Waals surface area contributed by atoms with Gasteiger partial charge in [0.15, 0.2) is 16.6 Å². The second-order valence-electron chi connectivity index (χ2n) is 8.90. The Balaban J connectivity index is 1.96. The van der Waals surface area contributed by atoms with Crippen molar-refractivity contribution in [2.24, 2.45) is 0 Å². The second-order valence-corrected chi connectivity index (χ2v) is 9.88. The number of thiazole rings is 1. The molecule has 10 heteroatoms.